The molecule has 1 heterocycles. The second-order valence-electron chi connectivity index (χ2n) is 6.32. The summed E-state index contributed by atoms with van der Waals surface area (Å²) < 4.78 is 12.9. The first-order valence-electron chi connectivity index (χ1n) is 8.42. The van der Waals surface area contributed by atoms with Gasteiger partial charge in [-0.05, 0) is 31.2 Å². The number of benzene rings is 1. The molecule has 132 valence electrons. The van der Waals surface area contributed by atoms with Crippen LogP contribution in [0.1, 0.15) is 18.9 Å². The first-order valence-corrected chi connectivity index (χ1v) is 8.42. The highest BCUT2D eigenvalue weighted by molar-refractivity contribution is 5.78. The van der Waals surface area contributed by atoms with Crippen LogP contribution in [-0.4, -0.2) is 72.8 Å². The number of piperazine rings is 1. The molecule has 0 atom stereocenters. The zero-order valence-corrected chi connectivity index (χ0v) is 14.5. The Morgan fingerprint density at radius 3 is 2.29 bits per heavy atom. The Kier molecular flexibility index (Phi) is 6.73. The van der Waals surface area contributed by atoms with Gasteiger partial charge in [-0.1, -0.05) is 12.1 Å². The molecule has 2 rings (SSSR count). The summed E-state index contributed by atoms with van der Waals surface area (Å²) in [5, 5.41) is 0. The maximum atomic E-state index is 12.9. The van der Waals surface area contributed by atoms with E-state index < -0.39 is 0 Å². The predicted molar refractivity (Wildman–Crippen MR) is 91.1 cm³/mol. The van der Waals surface area contributed by atoms with E-state index in [-0.39, 0.29) is 17.6 Å². The molecule has 1 fully saturated rings. The van der Waals surface area contributed by atoms with Gasteiger partial charge in [-0.3, -0.25) is 9.59 Å². The summed E-state index contributed by atoms with van der Waals surface area (Å²) in [7, 11) is 2.05. The van der Waals surface area contributed by atoms with Crippen LogP contribution in [0.2, 0.25) is 0 Å². The number of carbonyl (C=O) groups is 2. The summed E-state index contributed by atoms with van der Waals surface area (Å²) in [6, 6.07) is 6.29. The minimum absolute atomic E-state index is 0.0386. The Labute approximate surface area is 143 Å². The average Bonchev–Trinajstić information content (AvgIpc) is 2.56. The van der Waals surface area contributed by atoms with Crippen molar-refractivity contribution in [2.24, 2.45) is 0 Å². The van der Waals surface area contributed by atoms with E-state index in [0.717, 1.165) is 31.7 Å². The number of nitrogens with zero attached hydrogens (tertiary/aromatic N) is 3. The lowest BCUT2D eigenvalue weighted by Crippen LogP contribution is -2.48. The summed E-state index contributed by atoms with van der Waals surface area (Å²) in [6.07, 6.45) is 1.01. The van der Waals surface area contributed by atoms with Crippen molar-refractivity contribution in [3.05, 3.63) is 35.6 Å². The molecule has 1 saturated heterocycles. The highest BCUT2D eigenvalue weighted by Crippen LogP contribution is 2.07. The quantitative estimate of drug-likeness (QED) is 0.789. The maximum Gasteiger partial charge on any atom is 0.224 e. The third-order valence-corrected chi connectivity index (χ3v) is 4.48. The lowest BCUT2D eigenvalue weighted by molar-refractivity contribution is -0.134. The van der Waals surface area contributed by atoms with E-state index in [1.807, 2.05) is 4.90 Å². The highest BCUT2D eigenvalue weighted by Gasteiger charge is 2.20. The Morgan fingerprint density at radius 1 is 1.08 bits per heavy atom. The first-order chi connectivity index (χ1) is 11.5. The van der Waals surface area contributed by atoms with Crippen molar-refractivity contribution in [2.75, 3.05) is 46.3 Å². The Bertz CT molecular complexity index is 554. The van der Waals surface area contributed by atoms with Crippen LogP contribution in [-0.2, 0) is 16.0 Å². The number of amides is 2. The second-order valence-corrected chi connectivity index (χ2v) is 6.32. The van der Waals surface area contributed by atoms with Crippen molar-refractivity contribution in [1.82, 2.24) is 14.7 Å². The van der Waals surface area contributed by atoms with Crippen molar-refractivity contribution in [3.63, 3.8) is 0 Å². The molecule has 5 nitrogen and oxygen atoms in total. The monoisotopic (exact) mass is 335 g/mol. The fraction of sp³-hybridized carbons (Fsp3) is 0.556. The topological polar surface area (TPSA) is 43.9 Å². The predicted octanol–water partition coefficient (Wildman–Crippen LogP) is 1.38. The molecule has 1 aliphatic rings. The Hall–Kier alpha value is -1.95. The van der Waals surface area contributed by atoms with E-state index in [9.17, 15) is 14.0 Å². The van der Waals surface area contributed by atoms with Crippen LogP contribution < -0.4 is 0 Å². The first kappa shape index (κ1) is 18.4. The van der Waals surface area contributed by atoms with Crippen LogP contribution >= 0.6 is 0 Å². The van der Waals surface area contributed by atoms with Crippen LogP contribution in [0.3, 0.4) is 0 Å². The van der Waals surface area contributed by atoms with Crippen LogP contribution in [0.25, 0.3) is 0 Å². The SMILES string of the molecule is CC(=O)N(CCC(=O)N1CCN(C)CC1)CCc1ccc(F)cc1. The summed E-state index contributed by atoms with van der Waals surface area (Å²) in [4.78, 5) is 29.8. The molecule has 0 N–H and O–H groups in total. The number of hydrogen-bond acceptors (Lipinski definition) is 3. The van der Waals surface area contributed by atoms with Gasteiger partial charge in [0.1, 0.15) is 5.82 Å². The summed E-state index contributed by atoms with van der Waals surface area (Å²) in [5.74, 6) is -0.195. The van der Waals surface area contributed by atoms with E-state index in [0.29, 0.717) is 25.9 Å². The number of hydrogen-bond donors (Lipinski definition) is 0. The van der Waals surface area contributed by atoms with E-state index in [1.165, 1.54) is 19.1 Å². The molecule has 0 spiro atoms. The molecular formula is C18H26FN3O2. The summed E-state index contributed by atoms with van der Waals surface area (Å²) in [6.45, 7) is 5.79. The molecule has 1 aromatic carbocycles. The number of likely N-dealkylation sites (N-methyl/N-ethyl adjacent to an activating group) is 1. The average molecular weight is 335 g/mol. The lowest BCUT2D eigenvalue weighted by atomic mass is 10.1. The standard InChI is InChI=1S/C18H26FN3O2/c1-15(23)21(9-7-16-3-5-17(19)6-4-16)10-8-18(24)22-13-11-20(2)12-14-22/h3-6H,7-14H2,1-2H3. The second kappa shape index (κ2) is 8.78. The molecule has 24 heavy (non-hydrogen) atoms. The van der Waals surface area contributed by atoms with Crippen LogP contribution in [0.15, 0.2) is 24.3 Å². The fourth-order valence-electron chi connectivity index (χ4n) is 2.79. The van der Waals surface area contributed by atoms with Crippen LogP contribution in [0.4, 0.5) is 4.39 Å². The van der Waals surface area contributed by atoms with Crippen molar-refractivity contribution >= 4 is 11.8 Å². The van der Waals surface area contributed by atoms with E-state index in [2.05, 4.69) is 11.9 Å². The van der Waals surface area contributed by atoms with Gasteiger partial charge in [0.2, 0.25) is 11.8 Å². The van der Waals surface area contributed by atoms with Gasteiger partial charge in [0.05, 0.1) is 0 Å². The molecule has 1 aromatic rings. The summed E-state index contributed by atoms with van der Waals surface area (Å²) >= 11 is 0. The molecule has 0 aliphatic carbocycles. The third kappa shape index (κ3) is 5.60. The third-order valence-electron chi connectivity index (χ3n) is 4.48. The fourth-order valence-corrected chi connectivity index (χ4v) is 2.79. The van der Waals surface area contributed by atoms with E-state index in [4.69, 9.17) is 0 Å². The van der Waals surface area contributed by atoms with Crippen LogP contribution in [0.5, 0.6) is 0 Å². The van der Waals surface area contributed by atoms with Crippen molar-refractivity contribution in [2.45, 2.75) is 19.8 Å². The Balaban J connectivity index is 1.79. The maximum absolute atomic E-state index is 12.9. The smallest absolute Gasteiger partial charge is 0.224 e. The van der Waals surface area contributed by atoms with Crippen molar-refractivity contribution < 1.29 is 14.0 Å². The zero-order valence-electron chi connectivity index (χ0n) is 14.5. The molecule has 0 unspecified atom stereocenters. The molecule has 0 bridgehead atoms. The minimum atomic E-state index is -0.264. The number of rotatable bonds is 6. The van der Waals surface area contributed by atoms with Gasteiger partial charge >= 0.3 is 0 Å². The van der Waals surface area contributed by atoms with Crippen LogP contribution in [0, 0.1) is 5.82 Å². The highest BCUT2D eigenvalue weighted by atomic mass is 19.1. The van der Waals surface area contributed by atoms with Gasteiger partial charge in [0, 0.05) is 52.6 Å². The van der Waals surface area contributed by atoms with Gasteiger partial charge in [0.25, 0.3) is 0 Å². The molecule has 0 aromatic heterocycles. The number of halogens is 1. The minimum Gasteiger partial charge on any atom is -0.342 e. The van der Waals surface area contributed by atoms with Gasteiger partial charge in [0.15, 0.2) is 0 Å². The number of carbonyl (C=O) groups excluding carboxylic acids is 2. The largest absolute Gasteiger partial charge is 0.342 e. The van der Waals surface area contributed by atoms with Gasteiger partial charge in [-0.25, -0.2) is 4.39 Å². The van der Waals surface area contributed by atoms with Gasteiger partial charge in [-0.2, -0.15) is 0 Å². The summed E-state index contributed by atoms with van der Waals surface area (Å²) in [5.41, 5.74) is 0.980. The Morgan fingerprint density at radius 2 is 1.71 bits per heavy atom. The van der Waals surface area contributed by atoms with E-state index >= 15 is 0 Å². The van der Waals surface area contributed by atoms with Crippen molar-refractivity contribution in [1.29, 1.82) is 0 Å². The molecule has 6 heteroatoms. The molecular weight excluding hydrogens is 309 g/mol. The molecule has 2 amide bonds. The van der Waals surface area contributed by atoms with Crippen molar-refractivity contribution in [3.8, 4) is 0 Å². The lowest BCUT2D eigenvalue weighted by Gasteiger charge is -2.33. The van der Waals surface area contributed by atoms with E-state index in [1.54, 1.807) is 17.0 Å². The van der Waals surface area contributed by atoms with Gasteiger partial charge < -0.3 is 14.7 Å². The molecule has 1 aliphatic heterocycles. The molecule has 0 radical (unpaired) electrons. The molecule has 0 saturated carbocycles. The normalized spacial score (nSPS) is 15.4. The zero-order chi connectivity index (χ0) is 17.5. The van der Waals surface area contributed by atoms with Gasteiger partial charge in [-0.15, -0.1) is 0 Å².